The lowest BCUT2D eigenvalue weighted by atomic mass is 10.4. The van der Waals surface area contributed by atoms with Crippen LogP contribution in [0.3, 0.4) is 0 Å². The quantitative estimate of drug-likeness (QED) is 0.748. The summed E-state index contributed by atoms with van der Waals surface area (Å²) >= 11 is 3.35. The van der Waals surface area contributed by atoms with E-state index in [2.05, 4.69) is 46.4 Å². The summed E-state index contributed by atoms with van der Waals surface area (Å²) in [7, 11) is 0. The number of aromatic amines is 1. The van der Waals surface area contributed by atoms with Gasteiger partial charge in [0.15, 0.2) is 5.65 Å². The number of nitrogens with one attached hydrogen (secondary N) is 2. The molecule has 0 saturated carbocycles. The molecule has 0 aliphatic rings. The molecule has 2 N–H and O–H groups in total. The topological polar surface area (TPSA) is 83.8 Å². The number of rotatable bonds is 4. The van der Waals surface area contributed by atoms with E-state index in [4.69, 9.17) is 0 Å². The molecular formula is C10H10BrN7. The number of hydrogen-bond acceptors (Lipinski definition) is 5. The normalized spacial score (nSPS) is 11.2. The van der Waals surface area contributed by atoms with Gasteiger partial charge in [0.2, 0.25) is 0 Å². The highest BCUT2D eigenvalue weighted by molar-refractivity contribution is 9.10. The van der Waals surface area contributed by atoms with Gasteiger partial charge in [-0.1, -0.05) is 0 Å². The Kier molecular flexibility index (Phi) is 3.03. The Balaban J connectivity index is 1.72. The van der Waals surface area contributed by atoms with Gasteiger partial charge in [0.05, 0.1) is 24.6 Å². The van der Waals surface area contributed by atoms with E-state index in [9.17, 15) is 0 Å². The van der Waals surface area contributed by atoms with E-state index in [0.717, 1.165) is 21.8 Å². The molecule has 0 spiro atoms. The standard InChI is InChI=1S/C10H10BrN7/c11-8-5-18-7(2-14-10(18)4-13-8)1-12-3-9-15-6-16-17-9/h2,4-6,12H,1,3H2,(H,15,16,17). The Hall–Kier alpha value is -1.80. The van der Waals surface area contributed by atoms with Crippen molar-refractivity contribution in [2.24, 2.45) is 0 Å². The molecular weight excluding hydrogens is 298 g/mol. The van der Waals surface area contributed by atoms with E-state index >= 15 is 0 Å². The van der Waals surface area contributed by atoms with Gasteiger partial charge in [0, 0.05) is 12.7 Å². The van der Waals surface area contributed by atoms with Crippen LogP contribution in [0, 0.1) is 0 Å². The summed E-state index contributed by atoms with van der Waals surface area (Å²) in [5.74, 6) is 0.812. The molecule has 0 radical (unpaired) electrons. The van der Waals surface area contributed by atoms with E-state index in [1.807, 2.05) is 16.8 Å². The molecule has 0 amide bonds. The van der Waals surface area contributed by atoms with Crippen molar-refractivity contribution in [3.63, 3.8) is 0 Å². The molecule has 0 aliphatic heterocycles. The molecule has 3 heterocycles. The lowest BCUT2D eigenvalue weighted by Gasteiger charge is -2.03. The largest absolute Gasteiger partial charge is 0.304 e. The maximum atomic E-state index is 4.28. The number of halogens is 1. The Labute approximate surface area is 111 Å². The fraction of sp³-hybridized carbons (Fsp3) is 0.200. The first-order valence-electron chi connectivity index (χ1n) is 5.35. The summed E-state index contributed by atoms with van der Waals surface area (Å²) in [6.07, 6.45) is 6.95. The van der Waals surface area contributed by atoms with Gasteiger partial charge in [-0.05, 0) is 15.9 Å². The minimum atomic E-state index is 0.638. The molecule has 0 fully saturated rings. The van der Waals surface area contributed by atoms with Crippen LogP contribution in [0.25, 0.3) is 5.65 Å². The highest BCUT2D eigenvalue weighted by Crippen LogP contribution is 2.10. The van der Waals surface area contributed by atoms with Gasteiger partial charge in [-0.15, -0.1) is 0 Å². The number of fused-ring (bicyclic) bond motifs is 1. The van der Waals surface area contributed by atoms with Crippen LogP contribution in [0.15, 0.2) is 29.5 Å². The van der Waals surface area contributed by atoms with Gasteiger partial charge in [-0.25, -0.2) is 15.0 Å². The SMILES string of the molecule is Brc1cn2c(CNCc3ncn[nH]3)cnc2cn1. The second kappa shape index (κ2) is 4.83. The summed E-state index contributed by atoms with van der Waals surface area (Å²) in [4.78, 5) is 12.5. The van der Waals surface area contributed by atoms with Crippen molar-refractivity contribution in [2.45, 2.75) is 13.1 Å². The third-order valence-electron chi connectivity index (χ3n) is 2.50. The summed E-state index contributed by atoms with van der Waals surface area (Å²) < 4.78 is 2.77. The maximum absolute atomic E-state index is 4.28. The third kappa shape index (κ3) is 2.24. The van der Waals surface area contributed by atoms with Gasteiger partial charge in [0.1, 0.15) is 16.8 Å². The number of hydrogen-bond donors (Lipinski definition) is 2. The predicted octanol–water partition coefficient (Wildman–Crippen LogP) is 0.900. The van der Waals surface area contributed by atoms with Crippen LogP contribution in [0.5, 0.6) is 0 Å². The molecule has 3 rings (SSSR count). The molecule has 3 aromatic rings. The van der Waals surface area contributed by atoms with Crippen LogP contribution in [0.2, 0.25) is 0 Å². The molecule has 0 saturated heterocycles. The minimum absolute atomic E-state index is 0.638. The van der Waals surface area contributed by atoms with Crippen molar-refractivity contribution >= 4 is 21.6 Å². The van der Waals surface area contributed by atoms with E-state index < -0.39 is 0 Å². The first-order chi connectivity index (χ1) is 8.83. The molecule has 0 bridgehead atoms. The average molecular weight is 308 g/mol. The Morgan fingerprint density at radius 3 is 3.00 bits per heavy atom. The average Bonchev–Trinajstić information content (AvgIpc) is 2.99. The van der Waals surface area contributed by atoms with E-state index in [-0.39, 0.29) is 0 Å². The molecule has 7 nitrogen and oxygen atoms in total. The molecule has 92 valence electrons. The van der Waals surface area contributed by atoms with Crippen LogP contribution >= 0.6 is 15.9 Å². The third-order valence-corrected chi connectivity index (χ3v) is 2.91. The monoisotopic (exact) mass is 307 g/mol. The number of nitrogens with zero attached hydrogens (tertiary/aromatic N) is 5. The van der Waals surface area contributed by atoms with Crippen LogP contribution in [-0.2, 0) is 13.1 Å². The molecule has 0 atom stereocenters. The van der Waals surface area contributed by atoms with Crippen molar-refractivity contribution in [3.8, 4) is 0 Å². The highest BCUT2D eigenvalue weighted by atomic mass is 79.9. The number of imidazole rings is 1. The fourth-order valence-corrected chi connectivity index (χ4v) is 1.98. The second-order valence-corrected chi connectivity index (χ2v) is 4.54. The number of H-pyrrole nitrogens is 1. The lowest BCUT2D eigenvalue weighted by Crippen LogP contribution is -2.15. The second-order valence-electron chi connectivity index (χ2n) is 3.72. The van der Waals surface area contributed by atoms with Crippen LogP contribution < -0.4 is 5.32 Å². The molecule has 0 unspecified atom stereocenters. The Bertz CT molecular complexity index is 645. The van der Waals surface area contributed by atoms with Crippen LogP contribution in [-0.4, -0.2) is 29.5 Å². The van der Waals surface area contributed by atoms with Gasteiger partial charge in [-0.3, -0.25) is 9.50 Å². The zero-order valence-electron chi connectivity index (χ0n) is 9.34. The summed E-state index contributed by atoms with van der Waals surface area (Å²) in [6.45, 7) is 1.33. The van der Waals surface area contributed by atoms with Crippen molar-refractivity contribution in [1.82, 2.24) is 34.9 Å². The van der Waals surface area contributed by atoms with Crippen molar-refractivity contribution in [3.05, 3.63) is 41.0 Å². The van der Waals surface area contributed by atoms with Gasteiger partial charge < -0.3 is 5.32 Å². The van der Waals surface area contributed by atoms with Crippen LogP contribution in [0.4, 0.5) is 0 Å². The van der Waals surface area contributed by atoms with E-state index in [0.29, 0.717) is 13.1 Å². The summed E-state index contributed by atoms with van der Waals surface area (Å²) in [6, 6.07) is 0. The molecule has 3 aromatic heterocycles. The first kappa shape index (κ1) is 11.3. The molecule has 0 aliphatic carbocycles. The van der Waals surface area contributed by atoms with Gasteiger partial charge in [0.25, 0.3) is 0 Å². The zero-order valence-corrected chi connectivity index (χ0v) is 10.9. The molecule has 8 heteroatoms. The van der Waals surface area contributed by atoms with E-state index in [1.54, 1.807) is 6.20 Å². The first-order valence-corrected chi connectivity index (χ1v) is 6.14. The summed E-state index contributed by atoms with van der Waals surface area (Å²) in [5, 5.41) is 9.86. The Morgan fingerprint density at radius 1 is 1.22 bits per heavy atom. The number of aromatic nitrogens is 6. The summed E-state index contributed by atoms with van der Waals surface area (Å²) in [5.41, 5.74) is 1.89. The van der Waals surface area contributed by atoms with Crippen molar-refractivity contribution in [1.29, 1.82) is 0 Å². The highest BCUT2D eigenvalue weighted by Gasteiger charge is 2.04. The van der Waals surface area contributed by atoms with Gasteiger partial charge >= 0.3 is 0 Å². The molecule has 0 aromatic carbocycles. The maximum Gasteiger partial charge on any atom is 0.155 e. The van der Waals surface area contributed by atoms with Gasteiger partial charge in [-0.2, -0.15) is 5.10 Å². The minimum Gasteiger partial charge on any atom is -0.304 e. The Morgan fingerprint density at radius 2 is 2.17 bits per heavy atom. The smallest absolute Gasteiger partial charge is 0.155 e. The van der Waals surface area contributed by atoms with Crippen molar-refractivity contribution in [2.75, 3.05) is 0 Å². The lowest BCUT2D eigenvalue weighted by molar-refractivity contribution is 0.650. The predicted molar refractivity (Wildman–Crippen MR) is 67.6 cm³/mol. The zero-order chi connectivity index (χ0) is 12.4. The van der Waals surface area contributed by atoms with E-state index in [1.165, 1.54) is 6.33 Å². The molecule has 18 heavy (non-hydrogen) atoms. The van der Waals surface area contributed by atoms with Crippen molar-refractivity contribution < 1.29 is 0 Å². The fourth-order valence-electron chi connectivity index (χ4n) is 1.67. The van der Waals surface area contributed by atoms with Crippen LogP contribution in [0.1, 0.15) is 11.5 Å².